The number of rotatable bonds is 4. The second kappa shape index (κ2) is 6.39. The highest BCUT2D eigenvalue weighted by atomic mass is 32.2. The fraction of sp³-hybridized carbons (Fsp3) is 0.357. The third kappa shape index (κ3) is 3.04. The SMILES string of the molecule is O=C(NC1(C(=O)O)CCSCC1)c1csc(-c2cccs2)n1. The monoisotopic (exact) mass is 354 g/mol. The maximum Gasteiger partial charge on any atom is 0.329 e. The lowest BCUT2D eigenvalue weighted by Crippen LogP contribution is -2.56. The van der Waals surface area contributed by atoms with Gasteiger partial charge in [0, 0.05) is 5.38 Å². The molecule has 116 valence electrons. The lowest BCUT2D eigenvalue weighted by molar-refractivity contribution is -0.144. The second-order valence-corrected chi connectivity index (χ2v) is 8.00. The molecule has 5 nitrogen and oxygen atoms in total. The lowest BCUT2D eigenvalue weighted by Gasteiger charge is -2.33. The molecule has 22 heavy (non-hydrogen) atoms. The van der Waals surface area contributed by atoms with Gasteiger partial charge in [0.25, 0.3) is 5.91 Å². The Balaban J connectivity index is 1.77. The number of carboxylic acids is 1. The van der Waals surface area contributed by atoms with Gasteiger partial charge in [-0.05, 0) is 35.8 Å². The van der Waals surface area contributed by atoms with Crippen LogP contribution in [0.3, 0.4) is 0 Å². The van der Waals surface area contributed by atoms with Gasteiger partial charge in [-0.25, -0.2) is 9.78 Å². The molecule has 8 heteroatoms. The largest absolute Gasteiger partial charge is 0.480 e. The summed E-state index contributed by atoms with van der Waals surface area (Å²) in [7, 11) is 0. The van der Waals surface area contributed by atoms with Crippen molar-refractivity contribution in [3.05, 3.63) is 28.6 Å². The highest BCUT2D eigenvalue weighted by Gasteiger charge is 2.41. The van der Waals surface area contributed by atoms with Gasteiger partial charge in [-0.1, -0.05) is 6.07 Å². The molecule has 3 rings (SSSR count). The Morgan fingerprint density at radius 2 is 2.05 bits per heavy atom. The van der Waals surface area contributed by atoms with Crippen molar-refractivity contribution >= 4 is 46.3 Å². The summed E-state index contributed by atoms with van der Waals surface area (Å²) in [5.41, 5.74) is -0.873. The first-order chi connectivity index (χ1) is 10.6. The fourth-order valence-electron chi connectivity index (χ4n) is 2.28. The first-order valence-corrected chi connectivity index (χ1v) is 9.65. The average Bonchev–Trinajstić information content (AvgIpc) is 3.19. The molecular formula is C14H14N2O3S3. The first kappa shape index (κ1) is 15.5. The number of thioether (sulfide) groups is 1. The highest BCUT2D eigenvalue weighted by Crippen LogP contribution is 2.30. The van der Waals surface area contributed by atoms with Crippen LogP contribution in [0.2, 0.25) is 0 Å². The van der Waals surface area contributed by atoms with Crippen molar-refractivity contribution in [3.63, 3.8) is 0 Å². The van der Waals surface area contributed by atoms with Crippen LogP contribution < -0.4 is 5.32 Å². The number of hydrogen-bond donors (Lipinski definition) is 2. The molecule has 2 N–H and O–H groups in total. The number of aliphatic carboxylic acids is 1. The molecular weight excluding hydrogens is 340 g/mol. The van der Waals surface area contributed by atoms with Crippen molar-refractivity contribution in [2.45, 2.75) is 18.4 Å². The number of carbonyl (C=O) groups is 2. The van der Waals surface area contributed by atoms with Crippen LogP contribution in [0.5, 0.6) is 0 Å². The summed E-state index contributed by atoms with van der Waals surface area (Å²) in [6.45, 7) is 0. The van der Waals surface area contributed by atoms with Gasteiger partial charge >= 0.3 is 5.97 Å². The van der Waals surface area contributed by atoms with Gasteiger partial charge in [-0.2, -0.15) is 11.8 Å². The van der Waals surface area contributed by atoms with E-state index in [2.05, 4.69) is 10.3 Å². The van der Waals surface area contributed by atoms with Crippen LogP contribution in [0.4, 0.5) is 0 Å². The van der Waals surface area contributed by atoms with E-state index in [1.165, 1.54) is 11.3 Å². The standard InChI is InChI=1S/C14H14N2O3S3/c17-11(16-14(13(18)19)3-6-20-7-4-14)9-8-22-12(15-9)10-2-1-5-21-10/h1-2,5,8H,3-4,6-7H2,(H,16,17)(H,18,19). The molecule has 0 aliphatic carbocycles. The molecule has 0 saturated carbocycles. The van der Waals surface area contributed by atoms with Gasteiger partial charge in [0.2, 0.25) is 0 Å². The Kier molecular flexibility index (Phi) is 4.51. The topological polar surface area (TPSA) is 79.3 Å². The molecule has 0 aromatic carbocycles. The van der Waals surface area contributed by atoms with Crippen LogP contribution in [-0.4, -0.2) is 39.0 Å². The molecule has 2 aromatic heterocycles. The normalized spacial score (nSPS) is 17.1. The number of amides is 1. The van der Waals surface area contributed by atoms with Gasteiger partial charge in [-0.3, -0.25) is 4.79 Å². The smallest absolute Gasteiger partial charge is 0.329 e. The lowest BCUT2D eigenvalue weighted by atomic mass is 9.92. The molecule has 0 spiro atoms. The number of hydrogen-bond acceptors (Lipinski definition) is 6. The third-order valence-corrected chi connectivity index (χ3v) is 6.44. The Morgan fingerprint density at radius 1 is 1.27 bits per heavy atom. The molecule has 1 saturated heterocycles. The van der Waals surface area contributed by atoms with E-state index in [1.54, 1.807) is 28.5 Å². The maximum atomic E-state index is 12.4. The molecule has 0 bridgehead atoms. The van der Waals surface area contributed by atoms with Crippen molar-refractivity contribution in [2.24, 2.45) is 0 Å². The second-order valence-electron chi connectivity index (χ2n) is 4.97. The van der Waals surface area contributed by atoms with Crippen LogP contribution in [-0.2, 0) is 4.79 Å². The quantitative estimate of drug-likeness (QED) is 0.882. The number of thiophene rings is 1. The van der Waals surface area contributed by atoms with Gasteiger partial charge in [-0.15, -0.1) is 22.7 Å². The zero-order chi connectivity index (χ0) is 15.6. The summed E-state index contributed by atoms with van der Waals surface area (Å²) in [4.78, 5) is 29.3. The number of carboxylic acid groups (broad SMARTS) is 1. The summed E-state index contributed by atoms with van der Waals surface area (Å²) in [5.74, 6) is 0.108. The van der Waals surface area contributed by atoms with Gasteiger partial charge in [0.05, 0.1) is 4.88 Å². The third-order valence-electron chi connectivity index (χ3n) is 3.58. The van der Waals surface area contributed by atoms with E-state index in [4.69, 9.17) is 0 Å². The first-order valence-electron chi connectivity index (χ1n) is 6.74. The zero-order valence-electron chi connectivity index (χ0n) is 11.6. The Morgan fingerprint density at radius 3 is 2.68 bits per heavy atom. The number of nitrogens with zero attached hydrogens (tertiary/aromatic N) is 1. The number of aromatic nitrogens is 1. The molecule has 1 aliphatic heterocycles. The number of carbonyl (C=O) groups excluding carboxylic acids is 1. The summed E-state index contributed by atoms with van der Waals surface area (Å²) < 4.78 is 0. The Bertz CT molecular complexity index is 675. The molecule has 1 aliphatic rings. The van der Waals surface area contributed by atoms with Gasteiger partial charge in [0.1, 0.15) is 16.2 Å². The van der Waals surface area contributed by atoms with E-state index in [0.29, 0.717) is 12.8 Å². The number of nitrogens with one attached hydrogen (secondary N) is 1. The summed E-state index contributed by atoms with van der Waals surface area (Å²) >= 11 is 4.67. The molecule has 0 radical (unpaired) electrons. The van der Waals surface area contributed by atoms with E-state index < -0.39 is 17.4 Å². The summed E-state index contributed by atoms with van der Waals surface area (Å²) in [6.07, 6.45) is 0.890. The van der Waals surface area contributed by atoms with E-state index in [-0.39, 0.29) is 5.69 Å². The Labute approximate surface area is 139 Å². The molecule has 1 fully saturated rings. The van der Waals surface area contributed by atoms with Crippen molar-refractivity contribution in [1.82, 2.24) is 10.3 Å². The molecule has 1 amide bonds. The molecule has 0 atom stereocenters. The van der Waals surface area contributed by atoms with Crippen molar-refractivity contribution in [1.29, 1.82) is 0 Å². The number of thiazole rings is 1. The molecule has 0 unspecified atom stereocenters. The van der Waals surface area contributed by atoms with Crippen molar-refractivity contribution < 1.29 is 14.7 Å². The predicted octanol–water partition coefficient (Wildman–Crippen LogP) is 2.95. The average molecular weight is 354 g/mol. The van der Waals surface area contributed by atoms with Gasteiger partial charge in [0.15, 0.2) is 0 Å². The van der Waals surface area contributed by atoms with E-state index in [1.807, 2.05) is 17.5 Å². The van der Waals surface area contributed by atoms with Crippen LogP contribution in [0, 0.1) is 0 Å². The maximum absolute atomic E-state index is 12.4. The minimum atomic E-state index is -1.16. The van der Waals surface area contributed by atoms with Crippen LogP contribution in [0.25, 0.3) is 9.88 Å². The van der Waals surface area contributed by atoms with Crippen molar-refractivity contribution in [2.75, 3.05) is 11.5 Å². The fourth-order valence-corrected chi connectivity index (χ4v) is 5.09. The Hall–Kier alpha value is -1.38. The molecule has 3 heterocycles. The van der Waals surface area contributed by atoms with Crippen LogP contribution >= 0.6 is 34.4 Å². The minimum absolute atomic E-state index is 0.284. The van der Waals surface area contributed by atoms with E-state index in [0.717, 1.165) is 21.4 Å². The van der Waals surface area contributed by atoms with Crippen LogP contribution in [0.15, 0.2) is 22.9 Å². The molecule has 2 aromatic rings. The zero-order valence-corrected chi connectivity index (χ0v) is 14.0. The minimum Gasteiger partial charge on any atom is -0.480 e. The predicted molar refractivity (Wildman–Crippen MR) is 89.8 cm³/mol. The van der Waals surface area contributed by atoms with E-state index in [9.17, 15) is 14.7 Å². The summed E-state index contributed by atoms with van der Waals surface area (Å²) in [6, 6.07) is 3.88. The summed E-state index contributed by atoms with van der Waals surface area (Å²) in [5, 5.41) is 16.6. The van der Waals surface area contributed by atoms with Crippen LogP contribution in [0.1, 0.15) is 23.3 Å². The highest BCUT2D eigenvalue weighted by molar-refractivity contribution is 7.99. The van der Waals surface area contributed by atoms with E-state index >= 15 is 0 Å². The van der Waals surface area contributed by atoms with Crippen molar-refractivity contribution in [3.8, 4) is 9.88 Å². The van der Waals surface area contributed by atoms with Gasteiger partial charge < -0.3 is 10.4 Å².